The summed E-state index contributed by atoms with van der Waals surface area (Å²) in [6, 6.07) is -0.217. The van der Waals surface area contributed by atoms with Gasteiger partial charge < -0.3 is 20.6 Å². The molecule has 3 amide bonds. The summed E-state index contributed by atoms with van der Waals surface area (Å²) < 4.78 is 0. The molecule has 0 spiro atoms. The standard InChI is InChI=1S/C13H25N3O4/c1-4-10(3)15-11(17)6-8-14-13(20)16(5-2)9-7-12(18)19/h10H,4-9H2,1-3H3,(H,14,20)(H,15,17)(H,18,19). The molecule has 7 heteroatoms. The van der Waals surface area contributed by atoms with Crippen molar-refractivity contribution in [2.75, 3.05) is 19.6 Å². The number of carboxylic acid groups (broad SMARTS) is 1. The summed E-state index contributed by atoms with van der Waals surface area (Å²) in [6.07, 6.45) is 0.985. The fourth-order valence-corrected chi connectivity index (χ4v) is 1.48. The minimum absolute atomic E-state index is 0.0875. The third-order valence-electron chi connectivity index (χ3n) is 2.91. The van der Waals surface area contributed by atoms with Gasteiger partial charge in [-0.15, -0.1) is 0 Å². The number of carboxylic acids is 1. The van der Waals surface area contributed by atoms with Gasteiger partial charge in [0.2, 0.25) is 5.91 Å². The van der Waals surface area contributed by atoms with Crippen LogP contribution in [0.25, 0.3) is 0 Å². The van der Waals surface area contributed by atoms with E-state index in [1.54, 1.807) is 6.92 Å². The van der Waals surface area contributed by atoms with E-state index in [4.69, 9.17) is 5.11 Å². The maximum absolute atomic E-state index is 11.7. The Morgan fingerprint density at radius 2 is 1.85 bits per heavy atom. The molecule has 0 bridgehead atoms. The van der Waals surface area contributed by atoms with Gasteiger partial charge in [-0.1, -0.05) is 6.92 Å². The van der Waals surface area contributed by atoms with Crippen molar-refractivity contribution in [3.05, 3.63) is 0 Å². The number of amides is 3. The summed E-state index contributed by atoms with van der Waals surface area (Å²) in [5.41, 5.74) is 0. The lowest BCUT2D eigenvalue weighted by Crippen LogP contribution is -2.42. The summed E-state index contributed by atoms with van der Waals surface area (Å²) in [5.74, 6) is -1.04. The van der Waals surface area contributed by atoms with Gasteiger partial charge in [0, 0.05) is 32.1 Å². The lowest BCUT2D eigenvalue weighted by molar-refractivity contribution is -0.137. The summed E-state index contributed by atoms with van der Waals surface area (Å²) >= 11 is 0. The molecule has 0 heterocycles. The first-order valence-corrected chi connectivity index (χ1v) is 6.94. The normalized spacial score (nSPS) is 11.6. The largest absolute Gasteiger partial charge is 0.481 e. The Balaban J connectivity index is 3.95. The molecule has 3 N–H and O–H groups in total. The monoisotopic (exact) mass is 287 g/mol. The van der Waals surface area contributed by atoms with Crippen molar-refractivity contribution in [2.24, 2.45) is 0 Å². The molecule has 0 saturated carbocycles. The van der Waals surface area contributed by atoms with Gasteiger partial charge in [0.15, 0.2) is 0 Å². The number of nitrogens with zero attached hydrogens (tertiary/aromatic N) is 1. The topological polar surface area (TPSA) is 98.7 Å². The molecular formula is C13H25N3O4. The second-order valence-electron chi connectivity index (χ2n) is 4.58. The highest BCUT2D eigenvalue weighted by Crippen LogP contribution is 1.94. The highest BCUT2D eigenvalue weighted by molar-refractivity contribution is 5.78. The minimum atomic E-state index is -0.941. The van der Waals surface area contributed by atoms with E-state index in [1.165, 1.54) is 4.90 Å². The molecule has 0 radical (unpaired) electrons. The van der Waals surface area contributed by atoms with Crippen molar-refractivity contribution in [2.45, 2.75) is 46.1 Å². The Hall–Kier alpha value is -1.79. The van der Waals surface area contributed by atoms with Crippen molar-refractivity contribution in [1.82, 2.24) is 15.5 Å². The highest BCUT2D eigenvalue weighted by Gasteiger charge is 2.13. The van der Waals surface area contributed by atoms with Crippen molar-refractivity contribution in [3.63, 3.8) is 0 Å². The summed E-state index contributed by atoms with van der Waals surface area (Å²) in [6.45, 7) is 6.51. The Morgan fingerprint density at radius 1 is 1.20 bits per heavy atom. The van der Waals surface area contributed by atoms with Crippen LogP contribution >= 0.6 is 0 Å². The number of hydrogen-bond acceptors (Lipinski definition) is 3. The number of rotatable bonds is 9. The van der Waals surface area contributed by atoms with E-state index in [-0.39, 0.29) is 43.9 Å². The van der Waals surface area contributed by atoms with Crippen molar-refractivity contribution in [1.29, 1.82) is 0 Å². The van der Waals surface area contributed by atoms with Gasteiger partial charge in [-0.3, -0.25) is 9.59 Å². The van der Waals surface area contributed by atoms with Gasteiger partial charge in [0.1, 0.15) is 0 Å². The van der Waals surface area contributed by atoms with Crippen molar-refractivity contribution >= 4 is 17.9 Å². The van der Waals surface area contributed by atoms with Crippen LogP contribution in [-0.4, -0.2) is 53.6 Å². The van der Waals surface area contributed by atoms with E-state index in [1.807, 2.05) is 13.8 Å². The molecule has 0 fully saturated rings. The first-order chi connectivity index (χ1) is 9.40. The van der Waals surface area contributed by atoms with Gasteiger partial charge in [-0.25, -0.2) is 4.79 Å². The lowest BCUT2D eigenvalue weighted by Gasteiger charge is -2.20. The van der Waals surface area contributed by atoms with Crippen LogP contribution in [0.2, 0.25) is 0 Å². The van der Waals surface area contributed by atoms with E-state index >= 15 is 0 Å². The van der Waals surface area contributed by atoms with Crippen LogP contribution < -0.4 is 10.6 Å². The van der Waals surface area contributed by atoms with Crippen LogP contribution in [0.5, 0.6) is 0 Å². The summed E-state index contributed by atoms with van der Waals surface area (Å²) in [7, 11) is 0. The molecular weight excluding hydrogens is 262 g/mol. The predicted molar refractivity (Wildman–Crippen MR) is 75.4 cm³/mol. The zero-order valence-corrected chi connectivity index (χ0v) is 12.4. The smallest absolute Gasteiger partial charge is 0.317 e. The molecule has 0 aliphatic rings. The average molecular weight is 287 g/mol. The summed E-state index contributed by atoms with van der Waals surface area (Å²) in [4.78, 5) is 35.1. The molecule has 116 valence electrons. The molecule has 0 aromatic rings. The number of nitrogens with one attached hydrogen (secondary N) is 2. The molecule has 0 saturated heterocycles. The second-order valence-corrected chi connectivity index (χ2v) is 4.58. The predicted octanol–water partition coefficient (Wildman–Crippen LogP) is 0.797. The molecule has 0 rings (SSSR count). The molecule has 7 nitrogen and oxygen atoms in total. The highest BCUT2D eigenvalue weighted by atomic mass is 16.4. The third kappa shape index (κ3) is 8.34. The van der Waals surface area contributed by atoms with Crippen LogP contribution in [0.3, 0.4) is 0 Å². The van der Waals surface area contributed by atoms with Crippen molar-refractivity contribution < 1.29 is 19.5 Å². The fraction of sp³-hybridized carbons (Fsp3) is 0.769. The van der Waals surface area contributed by atoms with Gasteiger partial charge in [-0.05, 0) is 20.3 Å². The van der Waals surface area contributed by atoms with Gasteiger partial charge in [0.05, 0.1) is 6.42 Å². The Labute approximate surface area is 119 Å². The SMILES string of the molecule is CCC(C)NC(=O)CCNC(=O)N(CC)CCC(=O)O. The molecule has 0 aliphatic heterocycles. The first kappa shape index (κ1) is 18.2. The quantitative estimate of drug-likeness (QED) is 0.584. The lowest BCUT2D eigenvalue weighted by atomic mass is 10.2. The maximum atomic E-state index is 11.7. The Kier molecular flexibility index (Phi) is 9.15. The van der Waals surface area contributed by atoms with Gasteiger partial charge >= 0.3 is 12.0 Å². The van der Waals surface area contributed by atoms with Crippen LogP contribution in [0.15, 0.2) is 0 Å². The number of aliphatic carboxylic acids is 1. The average Bonchev–Trinajstić information content (AvgIpc) is 2.38. The number of urea groups is 1. The molecule has 0 aromatic heterocycles. The molecule has 1 unspecified atom stereocenters. The first-order valence-electron chi connectivity index (χ1n) is 6.94. The van der Waals surface area contributed by atoms with E-state index in [2.05, 4.69) is 10.6 Å². The number of carbonyl (C=O) groups is 3. The van der Waals surface area contributed by atoms with Crippen LogP contribution in [0.1, 0.15) is 40.0 Å². The third-order valence-corrected chi connectivity index (χ3v) is 2.91. The molecule has 20 heavy (non-hydrogen) atoms. The number of carbonyl (C=O) groups excluding carboxylic acids is 2. The Morgan fingerprint density at radius 3 is 2.35 bits per heavy atom. The van der Waals surface area contributed by atoms with Crippen LogP contribution in [0.4, 0.5) is 4.79 Å². The van der Waals surface area contributed by atoms with E-state index in [0.717, 1.165) is 6.42 Å². The maximum Gasteiger partial charge on any atom is 0.317 e. The molecule has 0 aliphatic carbocycles. The van der Waals surface area contributed by atoms with E-state index in [9.17, 15) is 14.4 Å². The van der Waals surface area contributed by atoms with E-state index < -0.39 is 5.97 Å². The van der Waals surface area contributed by atoms with Gasteiger partial charge in [-0.2, -0.15) is 0 Å². The zero-order valence-electron chi connectivity index (χ0n) is 12.4. The van der Waals surface area contributed by atoms with Crippen LogP contribution in [0, 0.1) is 0 Å². The van der Waals surface area contributed by atoms with Crippen molar-refractivity contribution in [3.8, 4) is 0 Å². The molecule has 0 aromatic carbocycles. The van der Waals surface area contributed by atoms with E-state index in [0.29, 0.717) is 6.54 Å². The zero-order chi connectivity index (χ0) is 15.5. The minimum Gasteiger partial charge on any atom is -0.481 e. The number of hydrogen-bond donors (Lipinski definition) is 3. The van der Waals surface area contributed by atoms with Crippen LogP contribution in [-0.2, 0) is 9.59 Å². The summed E-state index contributed by atoms with van der Waals surface area (Å²) in [5, 5.41) is 14.0. The molecule has 1 atom stereocenters. The fourth-order valence-electron chi connectivity index (χ4n) is 1.48. The Bertz CT molecular complexity index is 334. The second kappa shape index (κ2) is 10.1. The van der Waals surface area contributed by atoms with Gasteiger partial charge in [0.25, 0.3) is 0 Å².